The Morgan fingerprint density at radius 2 is 2.22 bits per heavy atom. The van der Waals surface area contributed by atoms with E-state index in [9.17, 15) is 4.79 Å². The monoisotopic (exact) mass is 314 g/mol. The van der Waals surface area contributed by atoms with Crippen LogP contribution in [0.5, 0.6) is 0 Å². The first-order valence-corrected chi connectivity index (χ1v) is 8.10. The normalized spacial score (nSPS) is 17.6. The second-order valence-corrected chi connectivity index (χ2v) is 5.94. The van der Waals surface area contributed by atoms with E-state index in [2.05, 4.69) is 29.4 Å². The number of nitrogens with zero attached hydrogens (tertiary/aromatic N) is 2. The quantitative estimate of drug-likeness (QED) is 0.769. The molecule has 1 aromatic heterocycles. The number of likely N-dealkylation sites (tertiary alicyclic amines) is 1. The number of carbonyl (C=O) groups excluding carboxylic acids is 1. The number of aryl methyl sites for hydroxylation is 2. The Morgan fingerprint density at radius 1 is 1.39 bits per heavy atom. The van der Waals surface area contributed by atoms with Crippen LogP contribution < -0.4 is 0 Å². The summed E-state index contributed by atoms with van der Waals surface area (Å²) in [4.78, 5) is 14.1. The van der Waals surface area contributed by atoms with E-state index in [0.717, 1.165) is 25.9 Å². The van der Waals surface area contributed by atoms with Crippen LogP contribution in [0.2, 0.25) is 0 Å². The van der Waals surface area contributed by atoms with Gasteiger partial charge in [0, 0.05) is 25.8 Å². The number of rotatable bonds is 6. The number of carbonyl (C=O) groups is 1. The Kier molecular flexibility index (Phi) is 5.08. The van der Waals surface area contributed by atoms with Crippen LogP contribution in [0.3, 0.4) is 0 Å². The summed E-state index contributed by atoms with van der Waals surface area (Å²) < 4.78 is 10.9. The van der Waals surface area contributed by atoms with Crippen LogP contribution in [0, 0.1) is 6.92 Å². The fraction of sp³-hybridized carbons (Fsp3) is 0.444. The van der Waals surface area contributed by atoms with E-state index < -0.39 is 0 Å². The van der Waals surface area contributed by atoms with Gasteiger partial charge in [0.15, 0.2) is 5.69 Å². The van der Waals surface area contributed by atoms with Crippen LogP contribution in [0.15, 0.2) is 40.9 Å². The summed E-state index contributed by atoms with van der Waals surface area (Å²) in [5.41, 5.74) is 1.72. The molecule has 1 saturated heterocycles. The maximum absolute atomic E-state index is 12.3. The van der Waals surface area contributed by atoms with Crippen LogP contribution in [0.4, 0.5) is 0 Å². The van der Waals surface area contributed by atoms with Gasteiger partial charge >= 0.3 is 0 Å². The highest BCUT2D eigenvalue weighted by Crippen LogP contribution is 2.16. The molecule has 0 N–H and O–H groups in total. The minimum Gasteiger partial charge on any atom is -0.376 e. The number of hydrogen-bond donors (Lipinski definition) is 0. The van der Waals surface area contributed by atoms with Gasteiger partial charge in [-0.25, -0.2) is 0 Å². The van der Waals surface area contributed by atoms with E-state index in [-0.39, 0.29) is 12.0 Å². The standard InChI is InChI=1S/C18H22N2O3/c1-14-12-17(19-23-14)18(21)20-10-9-16(13-20)22-11-5-8-15-6-3-2-4-7-15/h2-4,6-7,12,16H,5,8-11,13H2,1H3/t16-/m1/s1. The third-order valence-electron chi connectivity index (χ3n) is 4.09. The summed E-state index contributed by atoms with van der Waals surface area (Å²) in [6.07, 6.45) is 3.03. The van der Waals surface area contributed by atoms with E-state index in [1.54, 1.807) is 17.9 Å². The smallest absolute Gasteiger partial charge is 0.276 e. The molecule has 1 amide bonds. The summed E-state index contributed by atoms with van der Waals surface area (Å²) in [7, 11) is 0. The third-order valence-corrected chi connectivity index (χ3v) is 4.09. The fourth-order valence-corrected chi connectivity index (χ4v) is 2.85. The lowest BCUT2D eigenvalue weighted by atomic mass is 10.1. The van der Waals surface area contributed by atoms with Crippen LogP contribution in [0.25, 0.3) is 0 Å². The van der Waals surface area contributed by atoms with Gasteiger partial charge in [-0.1, -0.05) is 35.5 Å². The maximum Gasteiger partial charge on any atom is 0.276 e. The predicted molar refractivity (Wildman–Crippen MR) is 86.3 cm³/mol. The molecule has 0 aliphatic carbocycles. The van der Waals surface area contributed by atoms with Crippen molar-refractivity contribution in [3.63, 3.8) is 0 Å². The lowest BCUT2D eigenvalue weighted by Gasteiger charge is -2.15. The zero-order valence-electron chi connectivity index (χ0n) is 13.4. The first-order chi connectivity index (χ1) is 11.2. The zero-order chi connectivity index (χ0) is 16.1. The minimum absolute atomic E-state index is 0.0720. The Hall–Kier alpha value is -2.14. The SMILES string of the molecule is Cc1cc(C(=O)N2CC[C@@H](OCCCc3ccccc3)C2)no1. The van der Waals surface area contributed by atoms with Crippen LogP contribution in [0.1, 0.15) is 34.7 Å². The van der Waals surface area contributed by atoms with E-state index in [1.165, 1.54) is 5.56 Å². The summed E-state index contributed by atoms with van der Waals surface area (Å²) in [5.74, 6) is 0.582. The van der Waals surface area contributed by atoms with Crippen molar-refractivity contribution < 1.29 is 14.1 Å². The molecule has 1 atom stereocenters. The van der Waals surface area contributed by atoms with Crippen molar-refractivity contribution in [2.75, 3.05) is 19.7 Å². The first-order valence-electron chi connectivity index (χ1n) is 8.10. The molecule has 0 unspecified atom stereocenters. The number of hydrogen-bond acceptors (Lipinski definition) is 4. The molecule has 1 aliphatic rings. The molecule has 5 nitrogen and oxygen atoms in total. The van der Waals surface area contributed by atoms with Crippen molar-refractivity contribution in [3.05, 3.63) is 53.4 Å². The van der Waals surface area contributed by atoms with Gasteiger partial charge in [-0.05, 0) is 31.7 Å². The molecule has 0 bridgehead atoms. The number of ether oxygens (including phenoxy) is 1. The summed E-state index contributed by atoms with van der Waals surface area (Å²) in [6.45, 7) is 3.86. The molecule has 1 aromatic carbocycles. The summed E-state index contributed by atoms with van der Waals surface area (Å²) in [5, 5.41) is 3.79. The molecule has 0 spiro atoms. The molecule has 122 valence electrons. The van der Waals surface area contributed by atoms with Crippen LogP contribution >= 0.6 is 0 Å². The molecular formula is C18H22N2O3. The van der Waals surface area contributed by atoms with E-state index in [0.29, 0.717) is 24.5 Å². The highest BCUT2D eigenvalue weighted by molar-refractivity contribution is 5.92. The molecule has 23 heavy (non-hydrogen) atoms. The van der Waals surface area contributed by atoms with E-state index >= 15 is 0 Å². The van der Waals surface area contributed by atoms with Gasteiger partial charge < -0.3 is 14.2 Å². The Morgan fingerprint density at radius 3 is 2.96 bits per heavy atom. The van der Waals surface area contributed by atoms with Crippen LogP contribution in [-0.2, 0) is 11.2 Å². The largest absolute Gasteiger partial charge is 0.376 e. The lowest BCUT2D eigenvalue weighted by molar-refractivity contribution is 0.0521. The first kappa shape index (κ1) is 15.7. The average molecular weight is 314 g/mol. The molecule has 1 fully saturated rings. The Labute approximate surface area is 136 Å². The summed E-state index contributed by atoms with van der Waals surface area (Å²) >= 11 is 0. The highest BCUT2D eigenvalue weighted by Gasteiger charge is 2.28. The van der Waals surface area contributed by atoms with Gasteiger partial charge in [0.2, 0.25) is 0 Å². The van der Waals surface area contributed by atoms with E-state index in [4.69, 9.17) is 9.26 Å². The number of amides is 1. The minimum atomic E-state index is -0.0720. The summed E-state index contributed by atoms with van der Waals surface area (Å²) in [6, 6.07) is 12.1. The third kappa shape index (κ3) is 4.20. The molecular weight excluding hydrogens is 292 g/mol. The van der Waals surface area contributed by atoms with Crippen molar-refractivity contribution in [2.24, 2.45) is 0 Å². The van der Waals surface area contributed by atoms with Crippen molar-refractivity contribution in [2.45, 2.75) is 32.3 Å². The molecule has 0 saturated carbocycles. The molecule has 2 heterocycles. The zero-order valence-corrected chi connectivity index (χ0v) is 13.4. The average Bonchev–Trinajstić information content (AvgIpc) is 3.21. The molecule has 1 aliphatic heterocycles. The predicted octanol–water partition coefficient (Wildman–Crippen LogP) is 2.85. The lowest BCUT2D eigenvalue weighted by Crippen LogP contribution is -2.30. The highest BCUT2D eigenvalue weighted by atomic mass is 16.5. The van der Waals surface area contributed by atoms with Crippen molar-refractivity contribution >= 4 is 5.91 Å². The van der Waals surface area contributed by atoms with Crippen molar-refractivity contribution in [3.8, 4) is 0 Å². The van der Waals surface area contributed by atoms with Gasteiger partial charge in [-0.3, -0.25) is 4.79 Å². The van der Waals surface area contributed by atoms with Crippen molar-refractivity contribution in [1.82, 2.24) is 10.1 Å². The van der Waals surface area contributed by atoms with Gasteiger partial charge in [-0.15, -0.1) is 0 Å². The van der Waals surface area contributed by atoms with Gasteiger partial charge in [-0.2, -0.15) is 0 Å². The molecule has 3 rings (SSSR count). The number of benzene rings is 1. The van der Waals surface area contributed by atoms with Gasteiger partial charge in [0.1, 0.15) is 5.76 Å². The Bertz CT molecular complexity index is 639. The van der Waals surface area contributed by atoms with E-state index in [1.807, 2.05) is 6.07 Å². The number of aromatic nitrogens is 1. The second-order valence-electron chi connectivity index (χ2n) is 5.94. The molecule has 0 radical (unpaired) electrons. The van der Waals surface area contributed by atoms with Gasteiger partial charge in [0.25, 0.3) is 5.91 Å². The van der Waals surface area contributed by atoms with Gasteiger partial charge in [0.05, 0.1) is 6.10 Å². The van der Waals surface area contributed by atoms with Crippen LogP contribution in [-0.4, -0.2) is 41.8 Å². The van der Waals surface area contributed by atoms with Crippen molar-refractivity contribution in [1.29, 1.82) is 0 Å². The molecule has 5 heteroatoms. The second kappa shape index (κ2) is 7.42. The molecule has 2 aromatic rings. The maximum atomic E-state index is 12.3. The Balaban J connectivity index is 1.39. The fourth-order valence-electron chi connectivity index (χ4n) is 2.85. The topological polar surface area (TPSA) is 55.6 Å².